The zero-order valence-corrected chi connectivity index (χ0v) is 11.6. The van der Waals surface area contributed by atoms with Crippen molar-refractivity contribution < 1.29 is 13.9 Å². The van der Waals surface area contributed by atoms with Crippen molar-refractivity contribution in [3.63, 3.8) is 0 Å². The van der Waals surface area contributed by atoms with E-state index in [-0.39, 0.29) is 30.1 Å². The third-order valence-electron chi connectivity index (χ3n) is 3.43. The molecule has 1 atom stereocenters. The van der Waals surface area contributed by atoms with Crippen LogP contribution >= 0.6 is 12.4 Å². The van der Waals surface area contributed by atoms with Crippen LogP contribution in [0.3, 0.4) is 0 Å². The van der Waals surface area contributed by atoms with Crippen molar-refractivity contribution in [2.24, 2.45) is 0 Å². The molecule has 1 aromatic rings. The molecule has 1 saturated heterocycles. The summed E-state index contributed by atoms with van der Waals surface area (Å²) in [6.07, 6.45) is 0. The molecule has 0 unspecified atom stereocenters. The molecule has 0 spiro atoms. The number of hydrogen-bond donors (Lipinski definition) is 2. The average molecular weight is 293 g/mol. The van der Waals surface area contributed by atoms with Gasteiger partial charge in [-0.3, -0.25) is 4.90 Å². The van der Waals surface area contributed by atoms with E-state index in [1.165, 1.54) is 6.92 Å². The summed E-state index contributed by atoms with van der Waals surface area (Å²) in [5.74, 6) is -1.66. The first-order valence-electron chi connectivity index (χ1n) is 6.15. The molecule has 2 rings (SSSR count). The van der Waals surface area contributed by atoms with Crippen LogP contribution in [0.2, 0.25) is 0 Å². The molecule has 19 heavy (non-hydrogen) atoms. The normalized spacial score (nSPS) is 17.9. The number of nitrogens with one attached hydrogen (secondary N) is 1. The van der Waals surface area contributed by atoms with Gasteiger partial charge < -0.3 is 10.4 Å². The summed E-state index contributed by atoms with van der Waals surface area (Å²) in [5, 5.41) is 12.7. The highest BCUT2D eigenvalue weighted by Crippen LogP contribution is 2.26. The molecule has 1 fully saturated rings. The van der Waals surface area contributed by atoms with Crippen LogP contribution in [0.5, 0.6) is 0 Å². The maximum Gasteiger partial charge on any atom is 0.163 e. The zero-order valence-electron chi connectivity index (χ0n) is 10.8. The van der Waals surface area contributed by atoms with E-state index in [1.807, 2.05) is 4.90 Å². The third kappa shape index (κ3) is 3.42. The van der Waals surface area contributed by atoms with E-state index in [4.69, 9.17) is 0 Å². The molecule has 0 radical (unpaired) electrons. The van der Waals surface area contributed by atoms with Crippen LogP contribution in [0.4, 0.5) is 8.78 Å². The predicted octanol–water partition coefficient (Wildman–Crippen LogP) is 1.63. The first-order valence-corrected chi connectivity index (χ1v) is 6.15. The van der Waals surface area contributed by atoms with Gasteiger partial charge in [-0.05, 0) is 12.5 Å². The van der Waals surface area contributed by atoms with Gasteiger partial charge in [-0.15, -0.1) is 12.4 Å². The number of hydrogen-bond acceptors (Lipinski definition) is 3. The number of piperazine rings is 1. The van der Waals surface area contributed by atoms with Gasteiger partial charge in [0.05, 0.1) is 12.6 Å². The Morgan fingerprint density at radius 3 is 2.47 bits per heavy atom. The number of aryl methyl sites for hydroxylation is 1. The number of aliphatic hydroxyl groups excluding tert-OH is 1. The largest absolute Gasteiger partial charge is 0.394 e. The van der Waals surface area contributed by atoms with E-state index in [9.17, 15) is 13.9 Å². The SMILES string of the molecule is Cc1ccc([C@@H](CO)N2CCNCC2)c(F)c1F.Cl. The molecule has 0 amide bonds. The fourth-order valence-electron chi connectivity index (χ4n) is 2.32. The minimum Gasteiger partial charge on any atom is -0.394 e. The second kappa shape index (κ2) is 7.14. The zero-order chi connectivity index (χ0) is 13.1. The Labute approximate surface area is 118 Å². The maximum atomic E-state index is 13.9. The van der Waals surface area contributed by atoms with Crippen LogP contribution < -0.4 is 5.32 Å². The standard InChI is InChI=1S/C13H18F2N2O.ClH/c1-9-2-3-10(13(15)12(9)14)11(8-18)17-6-4-16-5-7-17;/h2-3,11,16,18H,4-8H2,1H3;1H/t11-;/m1./s1. The Morgan fingerprint density at radius 2 is 1.89 bits per heavy atom. The van der Waals surface area contributed by atoms with Gasteiger partial charge in [-0.1, -0.05) is 12.1 Å². The highest BCUT2D eigenvalue weighted by molar-refractivity contribution is 5.85. The summed E-state index contributed by atoms with van der Waals surface area (Å²) in [4.78, 5) is 1.98. The van der Waals surface area contributed by atoms with Crippen molar-refractivity contribution in [2.75, 3.05) is 32.8 Å². The van der Waals surface area contributed by atoms with Gasteiger partial charge >= 0.3 is 0 Å². The van der Waals surface area contributed by atoms with Crippen molar-refractivity contribution in [3.8, 4) is 0 Å². The summed E-state index contributed by atoms with van der Waals surface area (Å²) in [6, 6.07) is 2.65. The lowest BCUT2D eigenvalue weighted by molar-refractivity contribution is 0.108. The van der Waals surface area contributed by atoms with Crippen molar-refractivity contribution in [1.82, 2.24) is 10.2 Å². The average Bonchev–Trinajstić information content (AvgIpc) is 2.41. The molecule has 0 aromatic heterocycles. The predicted molar refractivity (Wildman–Crippen MR) is 72.6 cm³/mol. The number of halogens is 3. The first-order chi connectivity index (χ1) is 8.65. The van der Waals surface area contributed by atoms with E-state index in [0.717, 1.165) is 26.2 Å². The Bertz CT molecular complexity index is 425. The third-order valence-corrected chi connectivity index (χ3v) is 3.43. The second-order valence-corrected chi connectivity index (χ2v) is 4.58. The molecule has 1 aromatic carbocycles. The monoisotopic (exact) mass is 292 g/mol. The van der Waals surface area contributed by atoms with Gasteiger partial charge in [-0.2, -0.15) is 0 Å². The Balaban J connectivity index is 0.00000180. The fraction of sp³-hybridized carbons (Fsp3) is 0.538. The molecular weight excluding hydrogens is 274 g/mol. The summed E-state index contributed by atoms with van der Waals surface area (Å²) in [7, 11) is 0. The van der Waals surface area contributed by atoms with Gasteiger partial charge in [0.2, 0.25) is 0 Å². The van der Waals surface area contributed by atoms with Gasteiger partial charge in [0.25, 0.3) is 0 Å². The van der Waals surface area contributed by atoms with Crippen LogP contribution in [0.25, 0.3) is 0 Å². The Kier molecular flexibility index (Phi) is 6.13. The van der Waals surface area contributed by atoms with Crippen LogP contribution in [-0.4, -0.2) is 42.8 Å². The fourth-order valence-corrected chi connectivity index (χ4v) is 2.32. The highest BCUT2D eigenvalue weighted by atomic mass is 35.5. The molecule has 0 saturated carbocycles. The summed E-state index contributed by atoms with van der Waals surface area (Å²) >= 11 is 0. The van der Waals surface area contributed by atoms with Crippen molar-refractivity contribution in [1.29, 1.82) is 0 Å². The van der Waals surface area contributed by atoms with E-state index in [2.05, 4.69) is 5.32 Å². The molecule has 2 N–H and O–H groups in total. The van der Waals surface area contributed by atoms with Gasteiger partial charge in [-0.25, -0.2) is 8.78 Å². The molecule has 108 valence electrons. The van der Waals surface area contributed by atoms with Crippen LogP contribution in [0.1, 0.15) is 17.2 Å². The van der Waals surface area contributed by atoms with Crippen molar-refractivity contribution in [2.45, 2.75) is 13.0 Å². The van der Waals surface area contributed by atoms with Crippen molar-refractivity contribution >= 4 is 12.4 Å². The maximum absolute atomic E-state index is 13.9. The smallest absolute Gasteiger partial charge is 0.163 e. The quantitative estimate of drug-likeness (QED) is 0.889. The first kappa shape index (κ1) is 16.3. The van der Waals surface area contributed by atoms with Gasteiger partial charge in [0.15, 0.2) is 11.6 Å². The minimum absolute atomic E-state index is 0. The lowest BCUT2D eigenvalue weighted by Crippen LogP contribution is -2.46. The summed E-state index contributed by atoms with van der Waals surface area (Å²) in [5.41, 5.74) is 0.524. The topological polar surface area (TPSA) is 35.5 Å². The molecule has 1 aliphatic rings. The molecule has 1 heterocycles. The van der Waals surface area contributed by atoms with E-state index in [0.29, 0.717) is 0 Å². The van der Waals surface area contributed by atoms with Gasteiger partial charge in [0, 0.05) is 31.7 Å². The molecule has 6 heteroatoms. The number of nitrogens with zero attached hydrogens (tertiary/aromatic N) is 1. The molecule has 3 nitrogen and oxygen atoms in total. The van der Waals surface area contributed by atoms with E-state index >= 15 is 0 Å². The summed E-state index contributed by atoms with van der Waals surface area (Å²) in [6.45, 7) is 4.36. The highest BCUT2D eigenvalue weighted by Gasteiger charge is 2.25. The van der Waals surface area contributed by atoms with E-state index < -0.39 is 17.7 Å². The lowest BCUT2D eigenvalue weighted by Gasteiger charge is -2.34. The Hall–Kier alpha value is -0.750. The molecular formula is C13H19ClF2N2O. The molecule has 0 aliphatic carbocycles. The van der Waals surface area contributed by atoms with Crippen LogP contribution in [0, 0.1) is 18.6 Å². The van der Waals surface area contributed by atoms with Gasteiger partial charge in [0.1, 0.15) is 0 Å². The second-order valence-electron chi connectivity index (χ2n) is 4.58. The lowest BCUT2D eigenvalue weighted by atomic mass is 10.0. The number of benzene rings is 1. The number of rotatable bonds is 3. The van der Waals surface area contributed by atoms with Crippen LogP contribution in [0.15, 0.2) is 12.1 Å². The molecule has 0 bridgehead atoms. The number of aliphatic hydroxyl groups is 1. The summed E-state index contributed by atoms with van der Waals surface area (Å²) < 4.78 is 27.5. The molecule has 1 aliphatic heterocycles. The van der Waals surface area contributed by atoms with Crippen LogP contribution in [-0.2, 0) is 0 Å². The van der Waals surface area contributed by atoms with E-state index in [1.54, 1.807) is 12.1 Å². The Morgan fingerprint density at radius 1 is 1.26 bits per heavy atom. The van der Waals surface area contributed by atoms with Crippen molar-refractivity contribution in [3.05, 3.63) is 34.9 Å². The minimum atomic E-state index is -0.840.